The molecular formula is C17H17ClF2O. The van der Waals surface area contributed by atoms with Crippen molar-refractivity contribution in [2.24, 2.45) is 5.92 Å². The van der Waals surface area contributed by atoms with Crippen LogP contribution in [0.4, 0.5) is 8.78 Å². The van der Waals surface area contributed by atoms with Gasteiger partial charge in [0.2, 0.25) is 0 Å². The third-order valence-electron chi connectivity index (χ3n) is 3.44. The van der Waals surface area contributed by atoms with Gasteiger partial charge in [-0.2, -0.15) is 0 Å². The van der Waals surface area contributed by atoms with Gasteiger partial charge < -0.3 is 4.74 Å². The number of rotatable bonds is 6. The Bertz CT molecular complexity index is 601. The number of alkyl halides is 1. The Morgan fingerprint density at radius 1 is 1.05 bits per heavy atom. The molecule has 0 aliphatic carbocycles. The van der Waals surface area contributed by atoms with Crippen molar-refractivity contribution in [1.82, 2.24) is 0 Å². The first-order chi connectivity index (χ1) is 10.1. The molecule has 0 spiro atoms. The van der Waals surface area contributed by atoms with Crippen LogP contribution in [0.25, 0.3) is 0 Å². The topological polar surface area (TPSA) is 9.23 Å². The maximum absolute atomic E-state index is 13.7. The molecule has 2 aromatic rings. The van der Waals surface area contributed by atoms with Crippen LogP contribution < -0.4 is 4.74 Å². The molecule has 0 amide bonds. The Labute approximate surface area is 128 Å². The zero-order valence-corrected chi connectivity index (χ0v) is 12.5. The van der Waals surface area contributed by atoms with Crippen molar-refractivity contribution in [3.8, 4) is 5.75 Å². The molecule has 0 aliphatic heterocycles. The fraction of sp³-hybridized carbons (Fsp3) is 0.294. The smallest absolute Gasteiger partial charge is 0.126 e. The number of halogens is 3. The second-order valence-electron chi connectivity index (χ2n) is 4.98. The van der Waals surface area contributed by atoms with Gasteiger partial charge in [0.1, 0.15) is 17.4 Å². The van der Waals surface area contributed by atoms with Crippen LogP contribution in [0.1, 0.15) is 11.1 Å². The first kappa shape index (κ1) is 15.8. The summed E-state index contributed by atoms with van der Waals surface area (Å²) in [6, 6.07) is 11.2. The second kappa shape index (κ2) is 7.41. The molecule has 0 saturated heterocycles. The minimum absolute atomic E-state index is 0.0132. The average Bonchev–Trinajstić information content (AvgIpc) is 2.50. The van der Waals surface area contributed by atoms with Crippen LogP contribution >= 0.6 is 11.6 Å². The van der Waals surface area contributed by atoms with Crippen LogP contribution in [-0.4, -0.2) is 13.0 Å². The first-order valence-electron chi connectivity index (χ1n) is 6.75. The third kappa shape index (κ3) is 4.18. The molecule has 112 valence electrons. The average molecular weight is 311 g/mol. The van der Waals surface area contributed by atoms with Gasteiger partial charge in [0.25, 0.3) is 0 Å². The quantitative estimate of drug-likeness (QED) is 0.708. The van der Waals surface area contributed by atoms with Crippen molar-refractivity contribution in [1.29, 1.82) is 0 Å². The van der Waals surface area contributed by atoms with Gasteiger partial charge in [-0.25, -0.2) is 8.78 Å². The molecule has 4 heteroatoms. The van der Waals surface area contributed by atoms with Gasteiger partial charge in [0.05, 0.1) is 7.11 Å². The highest BCUT2D eigenvalue weighted by Crippen LogP contribution is 2.24. The van der Waals surface area contributed by atoms with E-state index >= 15 is 0 Å². The van der Waals surface area contributed by atoms with E-state index in [0.29, 0.717) is 24.3 Å². The van der Waals surface area contributed by atoms with Crippen molar-refractivity contribution < 1.29 is 13.5 Å². The summed E-state index contributed by atoms with van der Waals surface area (Å²) < 4.78 is 32.3. The van der Waals surface area contributed by atoms with Gasteiger partial charge in [0.15, 0.2) is 0 Å². The molecule has 0 fully saturated rings. The SMILES string of the molecule is COc1ccccc1CC(CCl)Cc1cc(F)ccc1F. The van der Waals surface area contributed by atoms with Crippen LogP contribution in [0.15, 0.2) is 42.5 Å². The largest absolute Gasteiger partial charge is 0.496 e. The predicted molar refractivity (Wildman–Crippen MR) is 81.0 cm³/mol. The van der Waals surface area contributed by atoms with Crippen LogP contribution in [0.2, 0.25) is 0 Å². The predicted octanol–water partition coefficient (Wildman–Crippen LogP) is 4.61. The van der Waals surface area contributed by atoms with E-state index in [1.54, 1.807) is 7.11 Å². The molecule has 2 rings (SSSR count). The summed E-state index contributed by atoms with van der Waals surface area (Å²) in [7, 11) is 1.61. The monoisotopic (exact) mass is 310 g/mol. The molecule has 0 saturated carbocycles. The van der Waals surface area contributed by atoms with Gasteiger partial charge in [-0.05, 0) is 54.2 Å². The van der Waals surface area contributed by atoms with Crippen molar-refractivity contribution >= 4 is 11.6 Å². The summed E-state index contributed by atoms with van der Waals surface area (Å²) in [4.78, 5) is 0. The van der Waals surface area contributed by atoms with Crippen molar-refractivity contribution in [3.63, 3.8) is 0 Å². The molecular weight excluding hydrogens is 294 g/mol. The highest BCUT2D eigenvalue weighted by Gasteiger charge is 2.15. The molecule has 0 heterocycles. The zero-order chi connectivity index (χ0) is 15.2. The van der Waals surface area contributed by atoms with Crippen LogP contribution in [-0.2, 0) is 12.8 Å². The van der Waals surface area contributed by atoms with E-state index < -0.39 is 11.6 Å². The highest BCUT2D eigenvalue weighted by molar-refractivity contribution is 6.18. The van der Waals surface area contributed by atoms with Gasteiger partial charge in [-0.3, -0.25) is 0 Å². The molecule has 0 bridgehead atoms. The van der Waals surface area contributed by atoms with Crippen LogP contribution in [0.5, 0.6) is 5.75 Å². The lowest BCUT2D eigenvalue weighted by atomic mass is 9.93. The Morgan fingerprint density at radius 2 is 1.76 bits per heavy atom. The van der Waals surface area contributed by atoms with Crippen LogP contribution in [0, 0.1) is 17.6 Å². The summed E-state index contributed by atoms with van der Waals surface area (Å²) in [5.41, 5.74) is 1.37. The van der Waals surface area contributed by atoms with Gasteiger partial charge >= 0.3 is 0 Å². The number of para-hydroxylation sites is 1. The number of hydrogen-bond acceptors (Lipinski definition) is 1. The maximum Gasteiger partial charge on any atom is 0.126 e. The minimum atomic E-state index is -0.433. The summed E-state index contributed by atoms with van der Waals surface area (Å²) in [6.07, 6.45) is 1.05. The van der Waals surface area contributed by atoms with E-state index in [-0.39, 0.29) is 5.92 Å². The summed E-state index contributed by atoms with van der Waals surface area (Å²) in [6.45, 7) is 0. The minimum Gasteiger partial charge on any atom is -0.496 e. The van der Waals surface area contributed by atoms with E-state index in [1.165, 1.54) is 6.07 Å². The maximum atomic E-state index is 13.7. The lowest BCUT2D eigenvalue weighted by molar-refractivity contribution is 0.405. The molecule has 2 aromatic carbocycles. The van der Waals surface area contributed by atoms with Crippen molar-refractivity contribution in [3.05, 3.63) is 65.2 Å². The van der Waals surface area contributed by atoms with Gasteiger partial charge in [-0.15, -0.1) is 11.6 Å². The number of ether oxygens (including phenoxy) is 1. The number of hydrogen-bond donors (Lipinski definition) is 0. The van der Waals surface area contributed by atoms with Gasteiger partial charge in [-0.1, -0.05) is 18.2 Å². The van der Waals surface area contributed by atoms with E-state index in [2.05, 4.69) is 0 Å². The lowest BCUT2D eigenvalue weighted by Crippen LogP contribution is -2.12. The highest BCUT2D eigenvalue weighted by atomic mass is 35.5. The van der Waals surface area contributed by atoms with E-state index in [1.807, 2.05) is 24.3 Å². The first-order valence-corrected chi connectivity index (χ1v) is 7.29. The molecule has 0 N–H and O–H groups in total. The normalized spacial score (nSPS) is 12.2. The van der Waals surface area contributed by atoms with Gasteiger partial charge in [0, 0.05) is 5.88 Å². The molecule has 1 nitrogen and oxygen atoms in total. The van der Waals surface area contributed by atoms with Crippen LogP contribution in [0.3, 0.4) is 0 Å². The summed E-state index contributed by atoms with van der Waals surface area (Å²) in [5, 5.41) is 0. The molecule has 0 aliphatic rings. The molecule has 1 unspecified atom stereocenters. The molecule has 21 heavy (non-hydrogen) atoms. The zero-order valence-electron chi connectivity index (χ0n) is 11.8. The van der Waals surface area contributed by atoms with E-state index in [9.17, 15) is 8.78 Å². The summed E-state index contributed by atoms with van der Waals surface area (Å²) >= 11 is 6.00. The standard InChI is InChI=1S/C17H17ClF2O/c1-21-17-5-3-2-4-13(17)8-12(11-18)9-14-10-15(19)6-7-16(14)20/h2-7,10,12H,8-9,11H2,1H3. The number of methoxy groups -OCH3 is 1. The number of benzene rings is 2. The van der Waals surface area contributed by atoms with E-state index in [4.69, 9.17) is 16.3 Å². The third-order valence-corrected chi connectivity index (χ3v) is 3.87. The van der Waals surface area contributed by atoms with Crippen molar-refractivity contribution in [2.75, 3.05) is 13.0 Å². The second-order valence-corrected chi connectivity index (χ2v) is 5.28. The Hall–Kier alpha value is -1.61. The molecule has 0 aromatic heterocycles. The fourth-order valence-electron chi connectivity index (χ4n) is 2.37. The molecule has 1 atom stereocenters. The fourth-order valence-corrected chi connectivity index (χ4v) is 2.59. The van der Waals surface area contributed by atoms with Crippen molar-refractivity contribution in [2.45, 2.75) is 12.8 Å². The Balaban J connectivity index is 2.15. The Kier molecular flexibility index (Phi) is 5.57. The van der Waals surface area contributed by atoms with E-state index in [0.717, 1.165) is 23.4 Å². The Morgan fingerprint density at radius 3 is 2.48 bits per heavy atom. The molecule has 0 radical (unpaired) electrons. The summed E-state index contributed by atoms with van der Waals surface area (Å²) in [5.74, 6) is 0.337. The lowest BCUT2D eigenvalue weighted by Gasteiger charge is -2.16.